The molecule has 0 aromatic heterocycles. The molecule has 1 unspecified atom stereocenters. The van der Waals surface area contributed by atoms with Gasteiger partial charge in [-0.3, -0.25) is 4.79 Å². The average molecular weight is 228 g/mol. The number of ketones is 1. The molecule has 0 heterocycles. The Labute approximate surface area is 117 Å². The van der Waals surface area contributed by atoms with E-state index in [9.17, 15) is 14.7 Å². The summed E-state index contributed by atoms with van der Waals surface area (Å²) in [5, 5.41) is 10.8. The summed E-state index contributed by atoms with van der Waals surface area (Å²) in [5.74, 6) is -1.60. The van der Waals surface area contributed by atoms with Crippen LogP contribution in [0.25, 0.3) is 0 Å². The molecule has 0 saturated carbocycles. The molecule has 80 valence electrons. The van der Waals surface area contributed by atoms with Crippen molar-refractivity contribution in [2.75, 3.05) is 0 Å². The van der Waals surface area contributed by atoms with E-state index in [1.807, 2.05) is 6.92 Å². The minimum absolute atomic E-state index is 0. The summed E-state index contributed by atoms with van der Waals surface area (Å²) in [5.41, 5.74) is 0.659. The Bertz CT molecular complexity index is 388. The zero-order valence-electron chi connectivity index (χ0n) is 9.82. The quantitative estimate of drug-likeness (QED) is 0.568. The van der Waals surface area contributed by atoms with Crippen LogP contribution in [-0.4, -0.2) is 11.8 Å². The second kappa shape index (κ2) is 6.84. The number of carbonyl (C=O) groups excluding carboxylic acids is 2. The van der Waals surface area contributed by atoms with Gasteiger partial charge in [0.15, 0.2) is 0 Å². The molecule has 0 fully saturated rings. The van der Waals surface area contributed by atoms with Crippen molar-refractivity contribution >= 4 is 11.8 Å². The molecule has 0 spiro atoms. The number of carboxylic acids is 1. The maximum absolute atomic E-state index is 11.3. The van der Waals surface area contributed by atoms with E-state index in [0.29, 0.717) is 12.0 Å². The molecule has 0 bridgehead atoms. The number of hydrogen-bond donors (Lipinski definition) is 0. The van der Waals surface area contributed by atoms with Crippen LogP contribution in [0.2, 0.25) is 0 Å². The van der Waals surface area contributed by atoms with Crippen LogP contribution in [0.5, 0.6) is 0 Å². The monoisotopic (exact) mass is 228 g/mol. The number of hydrogen-bond acceptors (Lipinski definition) is 3. The predicted octanol–water partition coefficient (Wildman–Crippen LogP) is -1.86. The van der Waals surface area contributed by atoms with Crippen molar-refractivity contribution in [3.63, 3.8) is 0 Å². The van der Waals surface area contributed by atoms with E-state index < -0.39 is 5.97 Å². The number of aromatic carboxylic acids is 1. The first kappa shape index (κ1) is 15.4. The van der Waals surface area contributed by atoms with E-state index in [-0.39, 0.29) is 46.8 Å². The molecule has 1 rings (SSSR count). The van der Waals surface area contributed by atoms with Crippen LogP contribution >= 0.6 is 0 Å². The van der Waals surface area contributed by atoms with E-state index in [2.05, 4.69) is 0 Å². The fourth-order valence-electron chi connectivity index (χ4n) is 1.71. The van der Waals surface area contributed by atoms with Gasteiger partial charge < -0.3 is 9.90 Å². The Balaban J connectivity index is 0.00000225. The molecule has 3 nitrogen and oxygen atoms in total. The summed E-state index contributed by atoms with van der Waals surface area (Å²) in [6.45, 7) is 3.33. The van der Waals surface area contributed by atoms with Crippen LogP contribution in [0.3, 0.4) is 0 Å². The van der Waals surface area contributed by atoms with Gasteiger partial charge in [-0.2, -0.15) is 0 Å². The van der Waals surface area contributed by atoms with Gasteiger partial charge in [0.2, 0.25) is 0 Å². The van der Waals surface area contributed by atoms with Gasteiger partial charge in [0.05, 0.1) is 5.97 Å². The summed E-state index contributed by atoms with van der Waals surface area (Å²) >= 11 is 0. The fraction of sp³-hybridized carbons (Fsp3) is 0.333. The number of Topliss-reactive ketones (excluding diaryl/α,β-unsaturated/α-hetero) is 1. The molecule has 1 aromatic rings. The van der Waals surface area contributed by atoms with Gasteiger partial charge in [-0.15, -0.1) is 0 Å². The van der Waals surface area contributed by atoms with Gasteiger partial charge in [-0.25, -0.2) is 0 Å². The van der Waals surface area contributed by atoms with Gasteiger partial charge >= 0.3 is 29.6 Å². The van der Waals surface area contributed by atoms with Crippen LogP contribution in [0, 0.1) is 0 Å². The van der Waals surface area contributed by atoms with Crippen molar-refractivity contribution in [3.8, 4) is 0 Å². The molecule has 16 heavy (non-hydrogen) atoms. The summed E-state index contributed by atoms with van der Waals surface area (Å²) in [4.78, 5) is 22.2. The fourth-order valence-corrected chi connectivity index (χ4v) is 1.71. The maximum atomic E-state index is 11.3. The Kier molecular flexibility index (Phi) is 6.56. The van der Waals surface area contributed by atoms with E-state index in [0.717, 1.165) is 0 Å². The first-order chi connectivity index (χ1) is 7.07. The smallest absolute Gasteiger partial charge is 0.545 e. The minimum Gasteiger partial charge on any atom is -0.545 e. The minimum atomic E-state index is -1.23. The molecule has 1 aromatic carbocycles. The van der Waals surface area contributed by atoms with Crippen molar-refractivity contribution < 1.29 is 44.3 Å². The Morgan fingerprint density at radius 3 is 2.31 bits per heavy atom. The van der Waals surface area contributed by atoms with Crippen LogP contribution in [0.1, 0.15) is 42.1 Å². The average Bonchev–Trinajstić information content (AvgIpc) is 2.18. The third-order valence-electron chi connectivity index (χ3n) is 2.46. The number of rotatable bonds is 4. The SMILES string of the molecule is CCC(C(C)=O)c1ccccc1C(=O)[O-].[Na+]. The van der Waals surface area contributed by atoms with Gasteiger partial charge in [0.1, 0.15) is 5.78 Å². The Morgan fingerprint density at radius 1 is 1.31 bits per heavy atom. The molecule has 0 radical (unpaired) electrons. The summed E-state index contributed by atoms with van der Waals surface area (Å²) < 4.78 is 0. The molecule has 0 aliphatic heterocycles. The number of carboxylic acid groups (broad SMARTS) is 1. The van der Waals surface area contributed by atoms with Crippen molar-refractivity contribution in [1.29, 1.82) is 0 Å². The van der Waals surface area contributed by atoms with Gasteiger partial charge in [-0.1, -0.05) is 31.2 Å². The van der Waals surface area contributed by atoms with Crippen LogP contribution in [0.15, 0.2) is 24.3 Å². The normalized spacial score (nSPS) is 11.4. The summed E-state index contributed by atoms with van der Waals surface area (Å²) in [7, 11) is 0. The molecule has 0 aliphatic rings. The molecule has 0 saturated heterocycles. The second-order valence-corrected chi connectivity index (χ2v) is 3.45. The van der Waals surface area contributed by atoms with E-state index >= 15 is 0 Å². The molecule has 0 aliphatic carbocycles. The molecular weight excluding hydrogens is 215 g/mol. The zero-order chi connectivity index (χ0) is 11.4. The van der Waals surface area contributed by atoms with Crippen molar-refractivity contribution in [2.24, 2.45) is 0 Å². The van der Waals surface area contributed by atoms with Crippen molar-refractivity contribution in [2.45, 2.75) is 26.2 Å². The van der Waals surface area contributed by atoms with Gasteiger partial charge in [0, 0.05) is 11.5 Å². The van der Waals surface area contributed by atoms with Gasteiger partial charge in [0.25, 0.3) is 0 Å². The Morgan fingerprint density at radius 2 is 1.88 bits per heavy atom. The van der Waals surface area contributed by atoms with Crippen molar-refractivity contribution in [3.05, 3.63) is 35.4 Å². The molecular formula is C12H13NaO3. The third kappa shape index (κ3) is 3.44. The summed E-state index contributed by atoms with van der Waals surface area (Å²) in [6, 6.07) is 6.49. The first-order valence-electron chi connectivity index (χ1n) is 4.88. The van der Waals surface area contributed by atoms with E-state index in [4.69, 9.17) is 0 Å². The van der Waals surface area contributed by atoms with Crippen LogP contribution in [-0.2, 0) is 4.79 Å². The maximum Gasteiger partial charge on any atom is 1.00 e. The number of carbonyl (C=O) groups is 2. The first-order valence-corrected chi connectivity index (χ1v) is 4.88. The van der Waals surface area contributed by atoms with E-state index in [1.54, 1.807) is 18.2 Å². The largest absolute Gasteiger partial charge is 1.00 e. The molecule has 1 atom stereocenters. The molecule has 4 heteroatoms. The standard InChI is InChI=1S/C12H14O3.Na/c1-3-9(8(2)13)10-6-4-5-7-11(10)12(14)15;/h4-7,9H,3H2,1-2H3,(H,14,15);/q;+1/p-1. The number of benzene rings is 1. The topological polar surface area (TPSA) is 57.2 Å². The van der Waals surface area contributed by atoms with Crippen molar-refractivity contribution in [1.82, 2.24) is 0 Å². The molecule has 0 amide bonds. The Hall–Kier alpha value is -0.640. The molecule has 0 N–H and O–H groups in total. The zero-order valence-corrected chi connectivity index (χ0v) is 11.8. The summed E-state index contributed by atoms with van der Waals surface area (Å²) in [6.07, 6.45) is 0.597. The third-order valence-corrected chi connectivity index (χ3v) is 2.46. The van der Waals surface area contributed by atoms with Crippen LogP contribution < -0.4 is 34.7 Å². The predicted molar refractivity (Wildman–Crippen MR) is 54.5 cm³/mol. The van der Waals surface area contributed by atoms with Crippen LogP contribution in [0.4, 0.5) is 0 Å². The van der Waals surface area contributed by atoms with Gasteiger partial charge in [-0.05, 0) is 18.9 Å². The van der Waals surface area contributed by atoms with E-state index in [1.165, 1.54) is 13.0 Å². The second-order valence-electron chi connectivity index (χ2n) is 3.45.